The van der Waals surface area contributed by atoms with Gasteiger partial charge in [-0.3, -0.25) is 14.5 Å². The van der Waals surface area contributed by atoms with Crippen molar-refractivity contribution in [2.75, 3.05) is 19.9 Å². The minimum Gasteiger partial charge on any atom is -0.402 e. The van der Waals surface area contributed by atoms with Crippen LogP contribution in [0, 0.1) is 5.41 Å². The maximum atomic E-state index is 15.2. The molecule has 17 heteroatoms. The van der Waals surface area contributed by atoms with Gasteiger partial charge in [0.2, 0.25) is 0 Å². The van der Waals surface area contributed by atoms with Crippen molar-refractivity contribution in [1.82, 2.24) is 24.4 Å². The quantitative estimate of drug-likeness (QED) is 0.0858. The zero-order valence-electron chi connectivity index (χ0n) is 25.0. The number of hydrogen-bond donors (Lipinski definition) is 5. The molecule has 0 bridgehead atoms. The molecule has 2 saturated heterocycles. The first-order valence-electron chi connectivity index (χ1n) is 14.5. The Morgan fingerprint density at radius 3 is 2.56 bits per heavy atom. The Balaban J connectivity index is 1.33. The van der Waals surface area contributed by atoms with Crippen LogP contribution in [0.25, 0.3) is 11.2 Å². The summed E-state index contributed by atoms with van der Waals surface area (Å²) in [6.45, 7) is 5.53. The van der Waals surface area contributed by atoms with Crippen LogP contribution in [0.1, 0.15) is 38.1 Å². The molecule has 2 fully saturated rings. The number of allylic oxidation sites excluding steroid dienone is 3. The highest BCUT2D eigenvalue weighted by Gasteiger charge is 2.48. The van der Waals surface area contributed by atoms with Gasteiger partial charge in [-0.2, -0.15) is 0 Å². The molecule has 2 unspecified atom stereocenters. The summed E-state index contributed by atoms with van der Waals surface area (Å²) in [6, 6.07) is 0. The molecule has 248 valence electrons. The normalized spacial score (nSPS) is 29.8. The molecule has 4 rings (SSSR count). The summed E-state index contributed by atoms with van der Waals surface area (Å²) in [5.41, 5.74) is 8.51. The number of amidine groups is 1. The van der Waals surface area contributed by atoms with Gasteiger partial charge < -0.3 is 40.0 Å². The summed E-state index contributed by atoms with van der Waals surface area (Å²) >= 11 is 0. The Morgan fingerprint density at radius 1 is 1.20 bits per heavy atom. The molecule has 2 aromatic heterocycles. The Labute approximate surface area is 259 Å². The van der Waals surface area contributed by atoms with E-state index in [0.29, 0.717) is 53.8 Å². The van der Waals surface area contributed by atoms with Crippen molar-refractivity contribution >= 4 is 25.0 Å². The van der Waals surface area contributed by atoms with Gasteiger partial charge in [0.25, 0.3) is 0 Å². The first-order chi connectivity index (χ1) is 21.5. The molecule has 9 atom stereocenters. The van der Waals surface area contributed by atoms with Crippen molar-refractivity contribution in [3.05, 3.63) is 54.5 Å². The van der Waals surface area contributed by atoms with Crippen molar-refractivity contribution in [2.45, 2.75) is 81.8 Å². The first-order valence-corrected chi connectivity index (χ1v) is 16.3. The van der Waals surface area contributed by atoms with Crippen LogP contribution >= 0.6 is 8.03 Å². The monoisotopic (exact) mass is 655 g/mol. The van der Waals surface area contributed by atoms with Crippen LogP contribution in [0.3, 0.4) is 0 Å². The summed E-state index contributed by atoms with van der Waals surface area (Å²) in [7, 11) is -2.47. The van der Waals surface area contributed by atoms with Gasteiger partial charge in [-0.05, 0) is 32.6 Å². The lowest BCUT2D eigenvalue weighted by molar-refractivity contribution is -0.0521. The standard InChI is InChI=1S/C28H40F2N7O7P/c1-4-36(27-20(29)23(40)18(11-38)42-27)25(32)15(2)16(31)9-7-5-6-8-10-17-22-26(34-13-33-17)37(14-35-22)28-21(30)24(44-45(3)41)19(12-39)43-28/h4-6,13-14,18-21,23-24,27-28,32,38-40,45H,1,7-12,31H2,2-3H3/b6-5+,16-15-,32-25?/t18-,19?,20-,21-,23-,24-,27-,28-/m1/s1. The van der Waals surface area contributed by atoms with E-state index in [1.807, 2.05) is 12.2 Å². The molecule has 14 nitrogen and oxygen atoms in total. The SMILES string of the molecule is C=CN(C(=N)/C(C)=C(\N)CC/C=C/CCc1ncnc2c1ncn2[C@@H]1OC(CO)[C@@H](O[PH](C)=O)[C@H]1F)[C@@H]1O[C@H](CO)[C@@H](O)[C@H]1F. The second-order valence-electron chi connectivity index (χ2n) is 10.7. The fraction of sp³-hybridized carbons (Fsp3) is 0.571. The summed E-state index contributed by atoms with van der Waals surface area (Å²) < 4.78 is 59.1. The number of halogens is 2. The van der Waals surface area contributed by atoms with Gasteiger partial charge in [0, 0.05) is 24.1 Å². The fourth-order valence-electron chi connectivity index (χ4n) is 5.30. The number of alkyl halides is 2. The zero-order chi connectivity index (χ0) is 32.8. The van der Waals surface area contributed by atoms with E-state index in [1.165, 1.54) is 30.1 Å². The smallest absolute Gasteiger partial charge is 0.189 e. The number of aromatic nitrogens is 4. The average molecular weight is 656 g/mol. The van der Waals surface area contributed by atoms with E-state index < -0.39 is 70.5 Å². The van der Waals surface area contributed by atoms with Crippen molar-refractivity contribution in [2.24, 2.45) is 5.73 Å². The maximum absolute atomic E-state index is 15.2. The van der Waals surface area contributed by atoms with Gasteiger partial charge in [-0.15, -0.1) is 0 Å². The van der Waals surface area contributed by atoms with Crippen LogP contribution in [0.5, 0.6) is 0 Å². The van der Waals surface area contributed by atoms with Gasteiger partial charge in [0.05, 0.1) is 25.2 Å². The van der Waals surface area contributed by atoms with Gasteiger partial charge in [-0.1, -0.05) is 18.7 Å². The highest BCUT2D eigenvalue weighted by molar-refractivity contribution is 7.38. The predicted molar refractivity (Wildman–Crippen MR) is 161 cm³/mol. The third kappa shape index (κ3) is 7.49. The number of rotatable bonds is 14. The van der Waals surface area contributed by atoms with E-state index in [2.05, 4.69) is 21.5 Å². The molecule has 6 N–H and O–H groups in total. The summed E-state index contributed by atoms with van der Waals surface area (Å²) in [5, 5.41) is 37.3. The van der Waals surface area contributed by atoms with E-state index >= 15 is 4.39 Å². The minimum absolute atomic E-state index is 0.129. The van der Waals surface area contributed by atoms with Crippen LogP contribution in [0.4, 0.5) is 8.78 Å². The minimum atomic E-state index is -2.47. The second kappa shape index (κ2) is 15.5. The van der Waals surface area contributed by atoms with E-state index in [0.717, 1.165) is 4.90 Å². The van der Waals surface area contributed by atoms with Gasteiger partial charge >= 0.3 is 0 Å². The molecular weight excluding hydrogens is 615 g/mol. The maximum Gasteiger partial charge on any atom is 0.189 e. The predicted octanol–water partition coefficient (Wildman–Crippen LogP) is 1.88. The number of imidazole rings is 1. The zero-order valence-corrected chi connectivity index (χ0v) is 26.0. The molecule has 0 amide bonds. The number of fused-ring (bicyclic) bond motifs is 1. The molecule has 2 aromatic rings. The molecule has 0 radical (unpaired) electrons. The molecule has 4 heterocycles. The van der Waals surface area contributed by atoms with Crippen LogP contribution in [-0.2, 0) is 25.0 Å². The molecule has 0 saturated carbocycles. The Kier molecular flexibility index (Phi) is 11.9. The molecular formula is C28H40F2N7O7P. The van der Waals surface area contributed by atoms with Crippen LogP contribution in [0.15, 0.2) is 48.9 Å². The van der Waals surface area contributed by atoms with E-state index in [4.69, 9.17) is 25.1 Å². The molecule has 0 spiro atoms. The van der Waals surface area contributed by atoms with Gasteiger partial charge in [-0.25, -0.2) is 23.7 Å². The Hall–Kier alpha value is -3.11. The van der Waals surface area contributed by atoms with Crippen LogP contribution in [-0.4, -0.2) is 108 Å². The number of aryl methyl sites for hydroxylation is 1. The third-order valence-electron chi connectivity index (χ3n) is 7.79. The Morgan fingerprint density at radius 2 is 1.91 bits per heavy atom. The average Bonchev–Trinajstić information content (AvgIpc) is 3.68. The fourth-order valence-corrected chi connectivity index (χ4v) is 5.96. The molecule has 2 aliphatic rings. The molecule has 0 aliphatic carbocycles. The van der Waals surface area contributed by atoms with Crippen molar-refractivity contribution in [3.8, 4) is 0 Å². The Bertz CT molecular complexity index is 1440. The van der Waals surface area contributed by atoms with Crippen molar-refractivity contribution in [3.63, 3.8) is 0 Å². The lowest BCUT2D eigenvalue weighted by Gasteiger charge is -2.29. The van der Waals surface area contributed by atoms with E-state index in [1.54, 1.807) is 6.92 Å². The van der Waals surface area contributed by atoms with Crippen molar-refractivity contribution in [1.29, 1.82) is 5.41 Å². The highest BCUT2D eigenvalue weighted by atomic mass is 31.1. The number of aliphatic hydroxyl groups excluding tert-OH is 3. The van der Waals surface area contributed by atoms with E-state index in [9.17, 15) is 24.3 Å². The second-order valence-corrected chi connectivity index (χ2v) is 11.9. The van der Waals surface area contributed by atoms with E-state index in [-0.39, 0.29) is 5.84 Å². The van der Waals surface area contributed by atoms with Crippen molar-refractivity contribution < 1.29 is 42.7 Å². The lowest BCUT2D eigenvalue weighted by atomic mass is 10.1. The summed E-state index contributed by atoms with van der Waals surface area (Å²) in [6.07, 6.45) is -0.893. The number of nitrogens with zero attached hydrogens (tertiary/aromatic N) is 5. The van der Waals surface area contributed by atoms with Crippen LogP contribution in [0.2, 0.25) is 0 Å². The molecule has 2 aliphatic heterocycles. The topological polar surface area (TPSA) is 202 Å². The summed E-state index contributed by atoms with van der Waals surface area (Å²) in [4.78, 5) is 14.1. The molecule has 45 heavy (non-hydrogen) atoms. The number of aliphatic hydroxyl groups is 3. The van der Waals surface area contributed by atoms with Gasteiger partial charge in [0.15, 0.2) is 38.5 Å². The highest BCUT2D eigenvalue weighted by Crippen LogP contribution is 2.39. The number of nitrogens with two attached hydrogens (primary N) is 1. The van der Waals surface area contributed by atoms with Crippen LogP contribution < -0.4 is 5.73 Å². The van der Waals surface area contributed by atoms with Gasteiger partial charge in [0.1, 0.15) is 42.1 Å². The lowest BCUT2D eigenvalue weighted by Crippen LogP contribution is -2.42. The largest absolute Gasteiger partial charge is 0.402 e. The summed E-state index contributed by atoms with van der Waals surface area (Å²) in [5.74, 6) is -0.129. The molecule has 0 aromatic carbocycles. The number of nitrogens with one attached hydrogen (secondary N) is 1. The number of hydrogen-bond acceptors (Lipinski definition) is 12. The third-order valence-corrected chi connectivity index (χ3v) is 8.40. The first kappa shape index (κ1) is 34.8. The number of ether oxygens (including phenoxy) is 2.